The lowest BCUT2D eigenvalue weighted by Gasteiger charge is -2.05. The molecule has 0 aromatic carbocycles. The first-order valence-electron chi connectivity index (χ1n) is 6.00. The molecule has 0 spiro atoms. The SMILES string of the molecule is CC(C)CCn1nc(C2CC2)c(C(=O)O)c1Cl. The summed E-state index contributed by atoms with van der Waals surface area (Å²) >= 11 is 6.10. The molecule has 4 nitrogen and oxygen atoms in total. The molecule has 1 saturated carbocycles. The largest absolute Gasteiger partial charge is 0.478 e. The molecule has 0 amide bonds. The van der Waals surface area contributed by atoms with Gasteiger partial charge in [0.1, 0.15) is 10.7 Å². The maximum absolute atomic E-state index is 11.2. The molecule has 1 aliphatic carbocycles. The van der Waals surface area contributed by atoms with Gasteiger partial charge >= 0.3 is 5.97 Å². The van der Waals surface area contributed by atoms with E-state index in [1.165, 1.54) is 0 Å². The third-order valence-electron chi connectivity index (χ3n) is 3.01. The van der Waals surface area contributed by atoms with Gasteiger partial charge in [-0.2, -0.15) is 5.10 Å². The lowest BCUT2D eigenvalue weighted by molar-refractivity contribution is 0.0695. The summed E-state index contributed by atoms with van der Waals surface area (Å²) in [6.07, 6.45) is 3.00. The number of hydrogen-bond acceptors (Lipinski definition) is 2. The quantitative estimate of drug-likeness (QED) is 0.880. The zero-order valence-corrected chi connectivity index (χ0v) is 10.9. The maximum Gasteiger partial charge on any atom is 0.340 e. The van der Waals surface area contributed by atoms with Crippen molar-refractivity contribution in [3.8, 4) is 0 Å². The van der Waals surface area contributed by atoms with Gasteiger partial charge < -0.3 is 5.11 Å². The second-order valence-corrected chi connectivity index (χ2v) is 5.39. The fraction of sp³-hybridized carbons (Fsp3) is 0.667. The molecule has 1 aromatic rings. The van der Waals surface area contributed by atoms with E-state index in [9.17, 15) is 9.90 Å². The highest BCUT2D eigenvalue weighted by Gasteiger charge is 2.34. The zero-order chi connectivity index (χ0) is 12.6. The van der Waals surface area contributed by atoms with Gasteiger partial charge in [-0.1, -0.05) is 25.4 Å². The number of nitrogens with zero attached hydrogens (tertiary/aromatic N) is 2. The minimum absolute atomic E-state index is 0.206. The van der Waals surface area contributed by atoms with Crippen molar-refractivity contribution < 1.29 is 9.90 Å². The van der Waals surface area contributed by atoms with Crippen LogP contribution in [0.15, 0.2) is 0 Å². The zero-order valence-electron chi connectivity index (χ0n) is 10.1. The standard InChI is InChI=1S/C12H17ClN2O2/c1-7(2)5-6-15-11(13)9(12(16)17)10(14-15)8-3-4-8/h7-8H,3-6H2,1-2H3,(H,16,17). The van der Waals surface area contributed by atoms with Crippen molar-refractivity contribution in [2.75, 3.05) is 0 Å². The molecule has 17 heavy (non-hydrogen) atoms. The van der Waals surface area contributed by atoms with Gasteiger partial charge in [-0.05, 0) is 25.2 Å². The van der Waals surface area contributed by atoms with Gasteiger partial charge in [-0.25, -0.2) is 4.79 Å². The van der Waals surface area contributed by atoms with Gasteiger partial charge in [-0.15, -0.1) is 0 Å². The molecular weight excluding hydrogens is 240 g/mol. The summed E-state index contributed by atoms with van der Waals surface area (Å²) in [5, 5.41) is 13.8. The summed E-state index contributed by atoms with van der Waals surface area (Å²) in [6, 6.07) is 0. The van der Waals surface area contributed by atoms with E-state index < -0.39 is 5.97 Å². The highest BCUT2D eigenvalue weighted by molar-refractivity contribution is 6.32. The van der Waals surface area contributed by atoms with Gasteiger partial charge in [-0.3, -0.25) is 4.68 Å². The van der Waals surface area contributed by atoms with Crippen molar-refractivity contribution in [2.24, 2.45) is 5.92 Å². The molecule has 1 N–H and O–H groups in total. The molecule has 1 aromatic heterocycles. The van der Waals surface area contributed by atoms with Crippen molar-refractivity contribution in [1.82, 2.24) is 9.78 Å². The first-order chi connectivity index (χ1) is 8.00. The molecular formula is C12H17ClN2O2. The lowest BCUT2D eigenvalue weighted by Crippen LogP contribution is -2.04. The van der Waals surface area contributed by atoms with Crippen LogP contribution in [-0.4, -0.2) is 20.9 Å². The number of rotatable bonds is 5. The van der Waals surface area contributed by atoms with Crippen molar-refractivity contribution in [2.45, 2.75) is 45.6 Å². The number of aryl methyl sites for hydroxylation is 1. The van der Waals surface area contributed by atoms with Crippen molar-refractivity contribution in [1.29, 1.82) is 0 Å². The summed E-state index contributed by atoms with van der Waals surface area (Å²) in [5.41, 5.74) is 0.879. The first-order valence-corrected chi connectivity index (χ1v) is 6.38. The van der Waals surface area contributed by atoms with Crippen LogP contribution in [-0.2, 0) is 6.54 Å². The monoisotopic (exact) mass is 256 g/mol. The number of hydrogen-bond donors (Lipinski definition) is 1. The van der Waals surface area contributed by atoms with E-state index in [4.69, 9.17) is 11.6 Å². The molecule has 94 valence electrons. The van der Waals surface area contributed by atoms with Crippen LogP contribution in [0.5, 0.6) is 0 Å². The first kappa shape index (κ1) is 12.4. The van der Waals surface area contributed by atoms with Crippen LogP contribution in [0.1, 0.15) is 55.1 Å². The van der Waals surface area contributed by atoms with Crippen LogP contribution in [0.3, 0.4) is 0 Å². The molecule has 2 rings (SSSR count). The Bertz CT molecular complexity index is 436. The van der Waals surface area contributed by atoms with Crippen LogP contribution >= 0.6 is 11.6 Å². The fourth-order valence-electron chi connectivity index (χ4n) is 1.83. The van der Waals surface area contributed by atoms with Gasteiger partial charge in [0.2, 0.25) is 0 Å². The Balaban J connectivity index is 2.27. The molecule has 1 heterocycles. The molecule has 0 aliphatic heterocycles. The Morgan fingerprint density at radius 1 is 1.59 bits per heavy atom. The number of halogens is 1. The average molecular weight is 257 g/mol. The summed E-state index contributed by atoms with van der Waals surface area (Å²) in [7, 11) is 0. The Labute approximate surface area is 106 Å². The van der Waals surface area contributed by atoms with Crippen molar-refractivity contribution in [3.05, 3.63) is 16.4 Å². The summed E-state index contributed by atoms with van der Waals surface area (Å²) < 4.78 is 1.64. The average Bonchev–Trinajstić information content (AvgIpc) is 3.00. The third-order valence-corrected chi connectivity index (χ3v) is 3.40. The van der Waals surface area contributed by atoms with Gasteiger partial charge in [0, 0.05) is 12.5 Å². The Morgan fingerprint density at radius 3 is 2.71 bits per heavy atom. The van der Waals surface area contributed by atoms with Crippen LogP contribution in [0.2, 0.25) is 5.15 Å². The highest BCUT2D eigenvalue weighted by Crippen LogP contribution is 2.42. The van der Waals surface area contributed by atoms with Gasteiger partial charge in [0.25, 0.3) is 0 Å². The second kappa shape index (κ2) is 4.69. The summed E-state index contributed by atoms with van der Waals surface area (Å²) in [4.78, 5) is 11.2. The van der Waals surface area contributed by atoms with Gasteiger partial charge in [0.15, 0.2) is 0 Å². The predicted octanol–water partition coefficient (Wildman–Crippen LogP) is 3.16. The van der Waals surface area contributed by atoms with Crippen LogP contribution in [0.25, 0.3) is 0 Å². The van der Waals surface area contributed by atoms with Crippen LogP contribution < -0.4 is 0 Å². The van der Waals surface area contributed by atoms with Crippen molar-refractivity contribution >= 4 is 17.6 Å². The Hall–Kier alpha value is -1.03. The molecule has 1 fully saturated rings. The molecule has 0 saturated heterocycles. The number of aromatic nitrogens is 2. The normalized spacial score (nSPS) is 15.5. The minimum Gasteiger partial charge on any atom is -0.478 e. The van der Waals surface area contributed by atoms with E-state index in [1.807, 2.05) is 0 Å². The van der Waals surface area contributed by atoms with E-state index in [0.717, 1.165) is 19.3 Å². The van der Waals surface area contributed by atoms with E-state index >= 15 is 0 Å². The molecule has 0 bridgehead atoms. The fourth-order valence-corrected chi connectivity index (χ4v) is 2.13. The van der Waals surface area contributed by atoms with E-state index in [0.29, 0.717) is 24.1 Å². The van der Waals surface area contributed by atoms with E-state index in [2.05, 4.69) is 18.9 Å². The van der Waals surface area contributed by atoms with E-state index in [1.54, 1.807) is 4.68 Å². The molecule has 0 atom stereocenters. The number of carboxylic acid groups (broad SMARTS) is 1. The number of carboxylic acids is 1. The number of aromatic carboxylic acids is 1. The third kappa shape index (κ3) is 2.63. The molecule has 0 radical (unpaired) electrons. The predicted molar refractivity (Wildman–Crippen MR) is 65.6 cm³/mol. The van der Waals surface area contributed by atoms with Crippen LogP contribution in [0, 0.1) is 5.92 Å². The summed E-state index contributed by atoms with van der Waals surface area (Å²) in [5.74, 6) is -0.112. The minimum atomic E-state index is -0.965. The maximum atomic E-state index is 11.2. The Morgan fingerprint density at radius 2 is 2.24 bits per heavy atom. The lowest BCUT2D eigenvalue weighted by atomic mass is 10.1. The summed E-state index contributed by atoms with van der Waals surface area (Å²) in [6.45, 7) is 4.93. The molecule has 5 heteroatoms. The van der Waals surface area contributed by atoms with Crippen LogP contribution in [0.4, 0.5) is 0 Å². The van der Waals surface area contributed by atoms with Gasteiger partial charge in [0.05, 0.1) is 5.69 Å². The smallest absolute Gasteiger partial charge is 0.340 e. The Kier molecular flexibility index (Phi) is 3.43. The van der Waals surface area contributed by atoms with E-state index in [-0.39, 0.29) is 10.7 Å². The topological polar surface area (TPSA) is 55.1 Å². The molecule has 0 unspecified atom stereocenters. The molecule has 1 aliphatic rings. The second-order valence-electron chi connectivity index (χ2n) is 5.04. The van der Waals surface area contributed by atoms with Crippen molar-refractivity contribution in [3.63, 3.8) is 0 Å². The highest BCUT2D eigenvalue weighted by atomic mass is 35.5. The number of carbonyl (C=O) groups is 1.